The summed E-state index contributed by atoms with van der Waals surface area (Å²) in [5.41, 5.74) is 2.37. The lowest BCUT2D eigenvalue weighted by molar-refractivity contribution is -0.139. The molecule has 1 amide bonds. The summed E-state index contributed by atoms with van der Waals surface area (Å²) in [6.45, 7) is 5.85. The Hall–Kier alpha value is -2.95. The van der Waals surface area contributed by atoms with Gasteiger partial charge in [0, 0.05) is 92.2 Å². The number of halogens is 3. The molecule has 3 fully saturated rings. The predicted octanol–water partition coefficient (Wildman–Crippen LogP) is 5.48. The Morgan fingerprint density at radius 1 is 0.889 bits per heavy atom. The van der Waals surface area contributed by atoms with Crippen molar-refractivity contribution >= 4 is 27.7 Å². The molecule has 7 rings (SSSR count). The minimum Gasteiger partial charge on any atom is -0.390 e. The zero-order chi connectivity index (χ0) is 37.9. The first-order valence-corrected chi connectivity index (χ1v) is 21.9. The third-order valence-electron chi connectivity index (χ3n) is 11.3. The van der Waals surface area contributed by atoms with Crippen molar-refractivity contribution in [2.24, 2.45) is 0 Å². The van der Waals surface area contributed by atoms with Crippen molar-refractivity contribution in [2.75, 3.05) is 58.1 Å². The second-order valence-electron chi connectivity index (χ2n) is 15.1. The highest BCUT2D eigenvalue weighted by Gasteiger charge is 2.36. The third-order valence-corrected chi connectivity index (χ3v) is 14.2. The summed E-state index contributed by atoms with van der Waals surface area (Å²) in [6, 6.07) is 13.3. The fraction of sp³-hybridized carbons (Fsp3) is 0.590. The minimum atomic E-state index is -4.53. The molecule has 3 saturated heterocycles. The molecule has 4 aliphatic heterocycles. The normalized spacial score (nSPS) is 20.4. The lowest BCUT2D eigenvalue weighted by atomic mass is 10.0. The first-order chi connectivity index (χ1) is 25.9. The van der Waals surface area contributed by atoms with Crippen molar-refractivity contribution in [3.05, 3.63) is 70.9 Å². The number of amides is 1. The van der Waals surface area contributed by atoms with E-state index in [1.807, 2.05) is 11.0 Å². The van der Waals surface area contributed by atoms with Crippen LogP contribution in [0.1, 0.15) is 67.3 Å². The van der Waals surface area contributed by atoms with E-state index in [9.17, 15) is 31.5 Å². The second-order valence-corrected chi connectivity index (χ2v) is 18.2. The monoisotopic (exact) mass is 788 g/mol. The van der Waals surface area contributed by atoms with Gasteiger partial charge >= 0.3 is 6.18 Å². The van der Waals surface area contributed by atoms with Gasteiger partial charge < -0.3 is 19.8 Å². The van der Waals surface area contributed by atoms with E-state index in [0.717, 1.165) is 76.6 Å². The van der Waals surface area contributed by atoms with Crippen LogP contribution in [0.2, 0.25) is 0 Å². The Morgan fingerprint density at radius 2 is 1.65 bits per heavy atom. The van der Waals surface area contributed by atoms with Crippen LogP contribution in [0.15, 0.2) is 53.4 Å². The van der Waals surface area contributed by atoms with Crippen molar-refractivity contribution in [1.29, 1.82) is 0 Å². The van der Waals surface area contributed by atoms with E-state index in [1.165, 1.54) is 28.6 Å². The molecule has 4 aliphatic rings. The number of carbonyl (C=O) groups excluding carboxylic acids is 1. The van der Waals surface area contributed by atoms with Crippen LogP contribution < -0.4 is 0 Å². The molecule has 3 aromatic rings. The van der Waals surface area contributed by atoms with E-state index in [0.29, 0.717) is 54.1 Å². The van der Waals surface area contributed by atoms with Crippen molar-refractivity contribution in [1.82, 2.24) is 28.8 Å². The highest BCUT2D eigenvalue weighted by molar-refractivity contribution is 7.99. The fourth-order valence-corrected chi connectivity index (χ4v) is 11.1. The second kappa shape index (κ2) is 17.0. The van der Waals surface area contributed by atoms with Crippen LogP contribution in [0.5, 0.6) is 0 Å². The van der Waals surface area contributed by atoms with Crippen molar-refractivity contribution in [3.63, 3.8) is 0 Å². The quantitative estimate of drug-likeness (QED) is 0.228. The molecule has 0 spiro atoms. The lowest BCUT2D eigenvalue weighted by Gasteiger charge is -2.37. The number of alkyl halides is 3. The SMILES string of the molecule is O=C1CCCN1C1CCN(CC(O)Cn2nc(-c3ccc(C(F)(F)F)c(SCCN4CCCCC4)c3)c3c2CCN(S(=O)(=O)Cc2ccccc2)C3)CC1. The average Bonchev–Trinajstić information content (AvgIpc) is 3.75. The van der Waals surface area contributed by atoms with Crippen molar-refractivity contribution < 1.29 is 31.5 Å². The van der Waals surface area contributed by atoms with Crippen molar-refractivity contribution in [3.8, 4) is 11.3 Å². The van der Waals surface area contributed by atoms with E-state index >= 15 is 0 Å². The molecule has 1 aromatic heterocycles. The summed E-state index contributed by atoms with van der Waals surface area (Å²) < 4.78 is 73.5. The van der Waals surface area contributed by atoms with E-state index in [1.54, 1.807) is 35.0 Å². The summed E-state index contributed by atoms with van der Waals surface area (Å²) in [5.74, 6) is 0.587. The van der Waals surface area contributed by atoms with Gasteiger partial charge in [-0.2, -0.15) is 22.6 Å². The molecule has 1 atom stereocenters. The topological polar surface area (TPSA) is 102 Å². The number of likely N-dealkylation sites (tertiary alicyclic amines) is 3. The predicted molar refractivity (Wildman–Crippen MR) is 203 cm³/mol. The molecule has 0 radical (unpaired) electrons. The molecule has 15 heteroatoms. The lowest BCUT2D eigenvalue weighted by Crippen LogP contribution is -2.47. The molecule has 294 valence electrons. The molecule has 10 nitrogen and oxygen atoms in total. The number of rotatable bonds is 13. The Balaban J connectivity index is 1.13. The van der Waals surface area contributed by atoms with E-state index in [-0.39, 0.29) is 42.2 Å². The molecule has 0 aliphatic carbocycles. The van der Waals surface area contributed by atoms with Gasteiger partial charge in [0.1, 0.15) is 0 Å². The Labute approximate surface area is 320 Å². The molecule has 5 heterocycles. The molecule has 54 heavy (non-hydrogen) atoms. The van der Waals surface area contributed by atoms with E-state index in [4.69, 9.17) is 5.10 Å². The summed E-state index contributed by atoms with van der Waals surface area (Å²) in [4.78, 5) is 18.9. The van der Waals surface area contributed by atoms with Crippen LogP contribution in [0.4, 0.5) is 13.2 Å². The first kappa shape index (κ1) is 39.3. The number of carbonyl (C=O) groups is 1. The van der Waals surface area contributed by atoms with Crippen molar-refractivity contribution in [2.45, 2.75) is 93.4 Å². The summed E-state index contributed by atoms with van der Waals surface area (Å²) >= 11 is 1.20. The number of fused-ring (bicyclic) bond motifs is 1. The number of hydrogen-bond acceptors (Lipinski definition) is 8. The zero-order valence-corrected chi connectivity index (χ0v) is 32.4. The van der Waals surface area contributed by atoms with Gasteiger partial charge in [0.25, 0.3) is 0 Å². The van der Waals surface area contributed by atoms with Gasteiger partial charge in [0.2, 0.25) is 15.9 Å². The third kappa shape index (κ3) is 9.35. The minimum absolute atomic E-state index is 0.0388. The Kier molecular flexibility index (Phi) is 12.4. The summed E-state index contributed by atoms with van der Waals surface area (Å²) in [6.07, 6.45) is 1.70. The molecular weight excluding hydrogens is 738 g/mol. The molecule has 2 aromatic carbocycles. The molecule has 1 N–H and O–H groups in total. The Morgan fingerprint density at radius 3 is 2.35 bits per heavy atom. The van der Waals surface area contributed by atoms with E-state index in [2.05, 4.69) is 9.80 Å². The van der Waals surface area contributed by atoms with Crippen LogP contribution in [0.3, 0.4) is 0 Å². The van der Waals surface area contributed by atoms with Crippen LogP contribution >= 0.6 is 11.8 Å². The molecule has 1 unspecified atom stereocenters. The van der Waals surface area contributed by atoms with Gasteiger partial charge in [-0.25, -0.2) is 8.42 Å². The Bertz CT molecular complexity index is 1860. The molecule has 0 bridgehead atoms. The number of thioether (sulfide) groups is 1. The van der Waals surface area contributed by atoms with Crippen LogP contribution in [-0.2, 0) is 46.3 Å². The number of β-amino-alcohol motifs (C(OH)–C–C–N with tert-alkyl or cyclic N) is 1. The van der Waals surface area contributed by atoms with E-state index < -0.39 is 27.9 Å². The van der Waals surface area contributed by atoms with Gasteiger partial charge in [-0.1, -0.05) is 42.8 Å². The van der Waals surface area contributed by atoms with Crippen LogP contribution in [-0.4, -0.2) is 118 Å². The first-order valence-electron chi connectivity index (χ1n) is 19.3. The van der Waals surface area contributed by atoms with Crippen LogP contribution in [0, 0.1) is 0 Å². The van der Waals surface area contributed by atoms with Gasteiger partial charge in [-0.05, 0) is 62.9 Å². The number of hydrogen-bond donors (Lipinski definition) is 1. The molecular formula is C39H51F3N6O4S2. The summed E-state index contributed by atoms with van der Waals surface area (Å²) in [5, 5.41) is 16.3. The number of aromatic nitrogens is 2. The van der Waals surface area contributed by atoms with Gasteiger partial charge in [0.15, 0.2) is 0 Å². The maximum Gasteiger partial charge on any atom is 0.417 e. The standard InChI is InChI=1S/C39H51F3N6O4S2/c40-39(41,42)34-12-11-30(24-36(34)53-23-22-44-16-5-2-6-17-44)38-33-27-46(54(51,52)28-29-8-3-1-4-9-29)21-15-35(33)48(43-38)26-32(49)25-45-19-13-31(14-20-45)47-18-7-10-37(47)50/h1,3-4,8-9,11-12,24,31-32,49H,2,5-7,10,13-23,25-28H2. The highest BCUT2D eigenvalue weighted by Crippen LogP contribution is 2.40. The fourth-order valence-electron chi connectivity index (χ4n) is 8.48. The average molecular weight is 789 g/mol. The number of nitrogens with zero attached hydrogens (tertiary/aromatic N) is 6. The molecule has 0 saturated carbocycles. The number of aliphatic hydroxyl groups excluding tert-OH is 1. The van der Waals surface area contributed by atoms with Gasteiger partial charge in [-0.15, -0.1) is 11.8 Å². The number of sulfonamides is 1. The van der Waals surface area contributed by atoms with Gasteiger partial charge in [0.05, 0.1) is 29.7 Å². The number of benzene rings is 2. The van der Waals surface area contributed by atoms with Gasteiger partial charge in [-0.3, -0.25) is 9.48 Å². The smallest absolute Gasteiger partial charge is 0.390 e. The number of aliphatic hydroxyl groups is 1. The maximum atomic E-state index is 14.3. The zero-order valence-electron chi connectivity index (χ0n) is 30.7. The maximum absolute atomic E-state index is 14.3. The van der Waals surface area contributed by atoms with Crippen LogP contribution in [0.25, 0.3) is 11.3 Å². The number of piperidine rings is 2. The largest absolute Gasteiger partial charge is 0.417 e. The summed E-state index contributed by atoms with van der Waals surface area (Å²) in [7, 11) is -3.72. The highest BCUT2D eigenvalue weighted by atomic mass is 32.2.